The molecule has 35 heavy (non-hydrogen) atoms. The standard InChI is InChI=1S/C27H30ClN5OS/c1-2-21-17-25(33-14-12-32(13-15-33)24-9-4-3-8-23(24)28)31-27(30-21)35-18-19-6-5-7-20(16-19)26(34)29-22-10-11-22/h3-9,16-17,22H,2,10-15,18H2,1H3,(H,29,34). The number of halogens is 1. The number of rotatable bonds is 8. The Morgan fingerprint density at radius 1 is 1.03 bits per heavy atom. The summed E-state index contributed by atoms with van der Waals surface area (Å²) in [5.41, 5.74) is 3.95. The SMILES string of the molecule is CCc1cc(N2CCN(c3ccccc3Cl)CC2)nc(SCc2cccc(C(=O)NC3CC3)c2)n1. The number of thioether (sulfide) groups is 1. The zero-order valence-electron chi connectivity index (χ0n) is 19.9. The first-order chi connectivity index (χ1) is 17.1. The summed E-state index contributed by atoms with van der Waals surface area (Å²) >= 11 is 8.03. The van der Waals surface area contributed by atoms with Gasteiger partial charge in [-0.15, -0.1) is 0 Å². The van der Waals surface area contributed by atoms with Gasteiger partial charge in [0, 0.05) is 55.3 Å². The Morgan fingerprint density at radius 2 is 1.80 bits per heavy atom. The molecule has 1 saturated carbocycles. The number of carbonyl (C=O) groups is 1. The van der Waals surface area contributed by atoms with Gasteiger partial charge in [0.2, 0.25) is 0 Å². The first kappa shape index (κ1) is 23.9. The van der Waals surface area contributed by atoms with Gasteiger partial charge in [-0.25, -0.2) is 9.97 Å². The van der Waals surface area contributed by atoms with Crippen LogP contribution in [0.4, 0.5) is 11.5 Å². The minimum absolute atomic E-state index is 0.0156. The highest BCUT2D eigenvalue weighted by atomic mass is 35.5. The molecule has 0 atom stereocenters. The number of carbonyl (C=O) groups excluding carboxylic acids is 1. The van der Waals surface area contributed by atoms with Gasteiger partial charge in [-0.1, -0.05) is 54.6 Å². The van der Waals surface area contributed by atoms with Gasteiger partial charge in [-0.3, -0.25) is 4.79 Å². The van der Waals surface area contributed by atoms with Crippen LogP contribution < -0.4 is 15.1 Å². The predicted molar refractivity (Wildman–Crippen MR) is 144 cm³/mol. The maximum atomic E-state index is 12.4. The van der Waals surface area contributed by atoms with Crippen molar-refractivity contribution < 1.29 is 4.79 Å². The summed E-state index contributed by atoms with van der Waals surface area (Å²) in [5, 5.41) is 4.63. The van der Waals surface area contributed by atoms with Gasteiger partial charge in [-0.2, -0.15) is 0 Å². The molecule has 2 fully saturated rings. The monoisotopic (exact) mass is 507 g/mol. The molecule has 1 amide bonds. The van der Waals surface area contributed by atoms with Gasteiger partial charge in [-0.05, 0) is 49.1 Å². The van der Waals surface area contributed by atoms with Crippen molar-refractivity contribution in [1.82, 2.24) is 15.3 Å². The Bertz CT molecular complexity index is 1190. The number of anilines is 2. The fourth-order valence-electron chi connectivity index (χ4n) is 4.20. The molecule has 0 spiro atoms. The van der Waals surface area contributed by atoms with E-state index in [-0.39, 0.29) is 5.91 Å². The Balaban J connectivity index is 1.24. The van der Waals surface area contributed by atoms with Crippen molar-refractivity contribution in [2.75, 3.05) is 36.0 Å². The van der Waals surface area contributed by atoms with Gasteiger partial charge >= 0.3 is 0 Å². The third kappa shape index (κ3) is 6.08. The summed E-state index contributed by atoms with van der Waals surface area (Å²) in [7, 11) is 0. The van der Waals surface area contributed by atoms with Crippen molar-refractivity contribution in [3.05, 3.63) is 76.4 Å². The summed E-state index contributed by atoms with van der Waals surface area (Å²) in [4.78, 5) is 26.7. The fourth-order valence-corrected chi connectivity index (χ4v) is 5.27. The van der Waals surface area contributed by atoms with Crippen molar-refractivity contribution in [2.45, 2.75) is 43.1 Å². The topological polar surface area (TPSA) is 61.4 Å². The summed E-state index contributed by atoms with van der Waals surface area (Å²) < 4.78 is 0. The number of hydrogen-bond acceptors (Lipinski definition) is 6. The van der Waals surface area contributed by atoms with Crippen molar-refractivity contribution in [3.8, 4) is 0 Å². The van der Waals surface area contributed by atoms with Gasteiger partial charge < -0.3 is 15.1 Å². The zero-order valence-corrected chi connectivity index (χ0v) is 21.5. The summed E-state index contributed by atoms with van der Waals surface area (Å²) in [6, 6.07) is 18.3. The number of amides is 1. The molecule has 1 aliphatic carbocycles. The van der Waals surface area contributed by atoms with E-state index in [1.54, 1.807) is 11.8 Å². The molecule has 1 saturated heterocycles. The maximum Gasteiger partial charge on any atom is 0.251 e. The Morgan fingerprint density at radius 3 is 2.54 bits per heavy atom. The molecule has 2 aliphatic rings. The Labute approximate surface area is 216 Å². The van der Waals surface area contributed by atoms with E-state index >= 15 is 0 Å². The fraction of sp³-hybridized carbons (Fsp3) is 0.370. The largest absolute Gasteiger partial charge is 0.367 e. The lowest BCUT2D eigenvalue weighted by atomic mass is 10.1. The molecule has 2 heterocycles. The molecule has 0 bridgehead atoms. The van der Waals surface area contributed by atoms with Gasteiger partial charge in [0.1, 0.15) is 5.82 Å². The van der Waals surface area contributed by atoms with Crippen LogP contribution >= 0.6 is 23.4 Å². The number of nitrogens with zero attached hydrogens (tertiary/aromatic N) is 4. The second-order valence-electron chi connectivity index (χ2n) is 9.02. The van der Waals surface area contributed by atoms with Gasteiger partial charge in [0.25, 0.3) is 5.91 Å². The highest BCUT2D eigenvalue weighted by Crippen LogP contribution is 2.28. The van der Waals surface area contributed by atoms with Crippen LogP contribution in [0.5, 0.6) is 0 Å². The highest BCUT2D eigenvalue weighted by Gasteiger charge is 2.24. The molecule has 182 valence electrons. The van der Waals surface area contributed by atoms with E-state index in [2.05, 4.69) is 40.2 Å². The van der Waals surface area contributed by atoms with E-state index in [9.17, 15) is 4.79 Å². The Kier molecular flexibility index (Phi) is 7.44. The van der Waals surface area contributed by atoms with Gasteiger partial charge in [0.15, 0.2) is 5.16 Å². The van der Waals surface area contributed by atoms with E-state index in [1.807, 2.05) is 36.4 Å². The van der Waals surface area contributed by atoms with Crippen LogP contribution in [0.15, 0.2) is 59.8 Å². The smallest absolute Gasteiger partial charge is 0.251 e. The number of para-hydroxylation sites is 1. The lowest BCUT2D eigenvalue weighted by molar-refractivity contribution is 0.0951. The molecule has 2 aromatic carbocycles. The quantitative estimate of drug-likeness (QED) is 0.334. The van der Waals surface area contributed by atoms with E-state index in [4.69, 9.17) is 21.6 Å². The van der Waals surface area contributed by atoms with Crippen molar-refractivity contribution >= 4 is 40.8 Å². The van der Waals surface area contributed by atoms with Crippen molar-refractivity contribution in [1.29, 1.82) is 0 Å². The zero-order chi connectivity index (χ0) is 24.2. The third-order valence-corrected chi connectivity index (χ3v) is 7.61. The number of benzene rings is 2. The van der Waals surface area contributed by atoms with Crippen LogP contribution in [0.3, 0.4) is 0 Å². The van der Waals surface area contributed by atoms with E-state index in [0.29, 0.717) is 6.04 Å². The normalized spacial score (nSPS) is 15.8. The first-order valence-corrected chi connectivity index (χ1v) is 13.6. The van der Waals surface area contributed by atoms with Crippen LogP contribution in [0.2, 0.25) is 5.02 Å². The van der Waals surface area contributed by atoms with E-state index in [0.717, 1.165) is 89.7 Å². The van der Waals surface area contributed by atoms with Crippen LogP contribution in [-0.4, -0.2) is 48.1 Å². The first-order valence-electron chi connectivity index (χ1n) is 12.2. The minimum Gasteiger partial charge on any atom is -0.367 e. The summed E-state index contributed by atoms with van der Waals surface area (Å²) in [5.74, 6) is 1.72. The average Bonchev–Trinajstić information content (AvgIpc) is 3.72. The lowest BCUT2D eigenvalue weighted by Gasteiger charge is -2.37. The molecule has 8 heteroatoms. The Hall–Kier alpha value is -2.77. The number of nitrogens with one attached hydrogen (secondary N) is 1. The van der Waals surface area contributed by atoms with Crippen LogP contribution in [0, 0.1) is 0 Å². The number of hydrogen-bond donors (Lipinski definition) is 1. The highest BCUT2D eigenvalue weighted by molar-refractivity contribution is 7.98. The molecular weight excluding hydrogens is 478 g/mol. The lowest BCUT2D eigenvalue weighted by Crippen LogP contribution is -2.47. The van der Waals surface area contributed by atoms with Crippen LogP contribution in [0.1, 0.15) is 41.4 Å². The predicted octanol–water partition coefficient (Wildman–Crippen LogP) is 5.20. The second-order valence-corrected chi connectivity index (χ2v) is 10.4. The van der Waals surface area contributed by atoms with E-state index in [1.165, 1.54) is 0 Å². The molecule has 0 radical (unpaired) electrons. The number of aromatic nitrogens is 2. The molecule has 1 N–H and O–H groups in total. The maximum absolute atomic E-state index is 12.4. The third-order valence-electron chi connectivity index (χ3n) is 6.37. The molecule has 1 aromatic heterocycles. The van der Waals surface area contributed by atoms with Crippen molar-refractivity contribution in [2.24, 2.45) is 0 Å². The molecular formula is C27H30ClN5OS. The van der Waals surface area contributed by atoms with Crippen LogP contribution in [0.25, 0.3) is 0 Å². The summed E-state index contributed by atoms with van der Waals surface area (Å²) in [6.45, 7) is 5.68. The summed E-state index contributed by atoms with van der Waals surface area (Å²) in [6.07, 6.45) is 3.03. The second kappa shape index (κ2) is 10.9. The van der Waals surface area contributed by atoms with E-state index < -0.39 is 0 Å². The van der Waals surface area contributed by atoms with Gasteiger partial charge in [0.05, 0.1) is 10.7 Å². The minimum atomic E-state index is 0.0156. The average molecular weight is 508 g/mol. The number of aryl methyl sites for hydroxylation is 1. The molecule has 3 aromatic rings. The number of piperazine rings is 1. The molecule has 1 aliphatic heterocycles. The molecule has 6 nitrogen and oxygen atoms in total. The molecule has 5 rings (SSSR count). The van der Waals surface area contributed by atoms with Crippen LogP contribution in [-0.2, 0) is 12.2 Å². The van der Waals surface area contributed by atoms with Crippen molar-refractivity contribution in [3.63, 3.8) is 0 Å². The molecule has 0 unspecified atom stereocenters.